The lowest BCUT2D eigenvalue weighted by Crippen LogP contribution is -1.92. The quantitative estimate of drug-likeness (QED) is 0.714. The predicted molar refractivity (Wildman–Crippen MR) is 66.2 cm³/mol. The van der Waals surface area contributed by atoms with E-state index < -0.39 is 18.0 Å². The minimum Gasteiger partial charge on any atom is -0.305 e. The first kappa shape index (κ1) is 16.1. The summed E-state index contributed by atoms with van der Waals surface area (Å²) in [5.74, 6) is -0.894. The summed E-state index contributed by atoms with van der Waals surface area (Å²) < 4.78 is 13.0. The molecule has 0 fully saturated rings. The van der Waals surface area contributed by atoms with Gasteiger partial charge in [0.2, 0.25) is 0 Å². The Morgan fingerprint density at radius 1 is 1.20 bits per heavy atom. The van der Waals surface area contributed by atoms with Crippen molar-refractivity contribution < 1.29 is 12.3 Å². The maximum Gasteiger partial charge on any atom is 0.172 e. The smallest absolute Gasteiger partial charge is 0.172 e. The summed E-state index contributed by atoms with van der Waals surface area (Å²) in [4.78, 5) is 19.8. The molecule has 0 amide bonds. The summed E-state index contributed by atoms with van der Waals surface area (Å²) in [5, 5.41) is 12.6. The van der Waals surface area contributed by atoms with Crippen LogP contribution in [-0.4, -0.2) is 24.0 Å². The number of Topliss-reactive ketones (excluding diaryl/α,β-unsaturated/α-hetero) is 2. The third-order valence-electron chi connectivity index (χ3n) is 0.588. The van der Waals surface area contributed by atoms with E-state index in [0.717, 1.165) is 0 Å². The van der Waals surface area contributed by atoms with Crippen molar-refractivity contribution in [2.24, 2.45) is 0 Å². The Bertz CT molecular complexity index is 208. The summed E-state index contributed by atoms with van der Waals surface area (Å²) >= 11 is 0. The molecule has 0 bridgehead atoms. The van der Waals surface area contributed by atoms with E-state index in [9.17, 15) is 9.59 Å². The molecule has 0 heterocycles. The lowest BCUT2D eigenvalue weighted by molar-refractivity contribution is -0.112. The van der Waals surface area contributed by atoms with E-state index in [4.69, 9.17) is 13.6 Å². The Hall–Kier alpha value is -1.32. The lowest BCUT2D eigenvalue weighted by atomic mass is 10.3. The van der Waals surface area contributed by atoms with E-state index in [1.807, 2.05) is 27.7 Å². The number of ketones is 2. The molecular formula is C11H24N2O2. The molecule has 4 nitrogen and oxygen atoms in total. The molecule has 1 unspecified atom stereocenters. The van der Waals surface area contributed by atoms with Gasteiger partial charge in [0, 0.05) is 16.0 Å². The molecule has 15 heavy (non-hydrogen) atoms. The van der Waals surface area contributed by atoms with Crippen LogP contribution < -0.4 is 0 Å². The maximum atomic E-state index is 10.1. The first-order valence-electron chi connectivity index (χ1n) is 6.07. The molecule has 0 aliphatic carbocycles. The monoisotopic (exact) mass is 218 g/mol. The van der Waals surface area contributed by atoms with Crippen LogP contribution in [0.3, 0.4) is 0 Å². The Labute approximate surface area is 95.9 Å². The molecule has 90 valence electrons. The molecule has 2 N–H and O–H groups in total. The van der Waals surface area contributed by atoms with Crippen LogP contribution in [0.5, 0.6) is 0 Å². The van der Waals surface area contributed by atoms with Crippen LogP contribution in [0.25, 0.3) is 0 Å². The molecule has 0 aromatic carbocycles. The minimum atomic E-state index is -0.766. The van der Waals surface area contributed by atoms with Crippen LogP contribution in [0, 0.1) is 10.8 Å². The molecule has 0 spiro atoms. The molecule has 0 radical (unpaired) electrons. The zero-order chi connectivity index (χ0) is 14.9. The second-order valence-corrected chi connectivity index (χ2v) is 1.45. The highest BCUT2D eigenvalue weighted by molar-refractivity contribution is 6.26. The van der Waals surface area contributed by atoms with Gasteiger partial charge in [0.05, 0.1) is 12.4 Å². The Morgan fingerprint density at radius 2 is 1.60 bits per heavy atom. The topological polar surface area (TPSA) is 81.8 Å². The second-order valence-electron chi connectivity index (χ2n) is 1.45. The Balaban J connectivity index is -0.0000000772. The van der Waals surface area contributed by atoms with Gasteiger partial charge in [-0.05, 0) is 0 Å². The van der Waals surface area contributed by atoms with E-state index in [1.165, 1.54) is 6.92 Å². The van der Waals surface area contributed by atoms with Gasteiger partial charge in [0.25, 0.3) is 0 Å². The maximum absolute atomic E-state index is 10.1. The highest BCUT2D eigenvalue weighted by atomic mass is 16.1. The molecule has 0 saturated heterocycles. The molecule has 0 aliphatic rings. The van der Waals surface area contributed by atoms with Crippen LogP contribution >= 0.6 is 0 Å². The van der Waals surface area contributed by atoms with Crippen molar-refractivity contribution in [1.82, 2.24) is 0 Å². The van der Waals surface area contributed by atoms with Gasteiger partial charge < -0.3 is 10.8 Å². The van der Waals surface area contributed by atoms with Gasteiger partial charge in [-0.1, -0.05) is 34.6 Å². The van der Waals surface area contributed by atoms with E-state index >= 15 is 0 Å². The molecule has 1 atom stereocenters. The van der Waals surface area contributed by atoms with Crippen LogP contribution in [-0.2, 0) is 9.59 Å². The average Bonchev–Trinajstić information content (AvgIpc) is 2.41. The normalized spacial score (nSPS) is 9.93. The van der Waals surface area contributed by atoms with Crippen molar-refractivity contribution in [2.75, 3.05) is 0 Å². The highest BCUT2D eigenvalue weighted by Gasteiger charge is 1.83. The van der Waals surface area contributed by atoms with Crippen molar-refractivity contribution in [2.45, 2.75) is 47.9 Å². The average molecular weight is 218 g/mol. The fourth-order valence-electron chi connectivity index (χ4n) is 0.0833. The van der Waals surface area contributed by atoms with Crippen LogP contribution in [0.2, 0.25) is 0 Å². The van der Waals surface area contributed by atoms with Gasteiger partial charge >= 0.3 is 0 Å². The van der Waals surface area contributed by atoms with Gasteiger partial charge in [-0.3, -0.25) is 9.59 Å². The van der Waals surface area contributed by atoms with Crippen LogP contribution in [0.15, 0.2) is 0 Å². The minimum absolute atomic E-state index is 0.302. The van der Waals surface area contributed by atoms with Gasteiger partial charge in [-0.15, -0.1) is 0 Å². The van der Waals surface area contributed by atoms with E-state index in [2.05, 4.69) is 0 Å². The SMILES string of the molecule is CC.CC.[2H]C(C)C(=O)C=N.[2H]CC(=O)C=N. The second kappa shape index (κ2) is 29.3. The van der Waals surface area contributed by atoms with E-state index in [1.54, 1.807) is 0 Å². The van der Waals surface area contributed by atoms with E-state index in [0.29, 0.717) is 12.4 Å². The fourth-order valence-corrected chi connectivity index (χ4v) is 0.0833. The third kappa shape index (κ3) is 66.0. The molecule has 0 rings (SSSR count). The molecular weight excluding hydrogens is 192 g/mol. The van der Waals surface area contributed by atoms with E-state index in [-0.39, 0.29) is 6.90 Å². The van der Waals surface area contributed by atoms with Crippen molar-refractivity contribution in [3.63, 3.8) is 0 Å². The van der Waals surface area contributed by atoms with Crippen LogP contribution in [0.1, 0.15) is 50.7 Å². The van der Waals surface area contributed by atoms with Crippen molar-refractivity contribution in [3.05, 3.63) is 0 Å². The van der Waals surface area contributed by atoms with Crippen LogP contribution in [0.4, 0.5) is 0 Å². The molecule has 0 aromatic rings. The number of rotatable bonds is 3. The van der Waals surface area contributed by atoms with Gasteiger partial charge in [-0.2, -0.15) is 0 Å². The number of hydrogen-bond donors (Lipinski definition) is 2. The largest absolute Gasteiger partial charge is 0.305 e. The van der Waals surface area contributed by atoms with Crippen molar-refractivity contribution in [1.29, 1.82) is 10.8 Å². The number of nitrogens with one attached hydrogen (secondary N) is 2. The first-order valence-corrected chi connectivity index (χ1v) is 4.78. The molecule has 0 saturated carbocycles. The molecule has 0 aromatic heterocycles. The Kier molecular flexibility index (Phi) is 31.5. The summed E-state index contributed by atoms with van der Waals surface area (Å²) in [6.45, 7) is 9.14. The summed E-state index contributed by atoms with van der Waals surface area (Å²) in [7, 11) is 0. The summed E-state index contributed by atoms with van der Waals surface area (Å²) in [6.07, 6.45) is 0.544. The zero-order valence-electron chi connectivity index (χ0n) is 12.3. The predicted octanol–water partition coefficient (Wildman–Crippen LogP) is 2.89. The number of hydrogen-bond acceptors (Lipinski definition) is 4. The molecule has 4 heteroatoms. The first-order chi connectivity index (χ1) is 7.99. The van der Waals surface area contributed by atoms with Crippen molar-refractivity contribution in [3.8, 4) is 0 Å². The van der Waals surface area contributed by atoms with Gasteiger partial charge in [0.15, 0.2) is 11.6 Å². The Morgan fingerprint density at radius 3 is 1.60 bits per heavy atom. The standard InChI is InChI=1S/C4H7NO.C3H5NO.2C2H6/c1-2-4(6)3-5;1-3(5)2-4;2*1-2/h3,5H,2H2,1H3;2,4H,1H3;2*1-2H3/i2D;1D;;. The van der Waals surface area contributed by atoms with Gasteiger partial charge in [-0.25, -0.2) is 0 Å². The van der Waals surface area contributed by atoms with Gasteiger partial charge in [0.1, 0.15) is 0 Å². The fraction of sp³-hybridized carbons (Fsp3) is 0.636. The summed E-state index contributed by atoms with van der Waals surface area (Å²) in [5.41, 5.74) is 0. The number of carbonyl (C=O) groups excluding carboxylic acids is 2. The number of carbonyl (C=O) groups is 2. The highest BCUT2D eigenvalue weighted by Crippen LogP contribution is 1.70. The molecule has 0 aliphatic heterocycles. The summed E-state index contributed by atoms with van der Waals surface area (Å²) in [6, 6.07) is 0. The zero-order valence-corrected chi connectivity index (χ0v) is 10.3. The lowest BCUT2D eigenvalue weighted by Gasteiger charge is -1.73. The van der Waals surface area contributed by atoms with Crippen molar-refractivity contribution >= 4 is 24.0 Å². The third-order valence-corrected chi connectivity index (χ3v) is 0.588.